The van der Waals surface area contributed by atoms with Crippen molar-refractivity contribution < 1.29 is 9.21 Å². The monoisotopic (exact) mass is 481 g/mol. The van der Waals surface area contributed by atoms with Crippen molar-refractivity contribution in [3.63, 3.8) is 0 Å². The lowest BCUT2D eigenvalue weighted by molar-refractivity contribution is -0.113. The third-order valence-corrected chi connectivity index (χ3v) is 6.06. The number of carbonyl (C=O) groups excluding carboxylic acids is 1. The molecule has 0 unspecified atom stereocenters. The minimum Gasteiger partial charge on any atom is -0.463 e. The van der Waals surface area contributed by atoms with Crippen LogP contribution in [0.2, 0.25) is 0 Å². The van der Waals surface area contributed by atoms with Gasteiger partial charge in [-0.05, 0) is 37.3 Å². The van der Waals surface area contributed by atoms with Crippen LogP contribution >= 0.6 is 27.3 Å². The van der Waals surface area contributed by atoms with Crippen LogP contribution in [0.5, 0.6) is 0 Å². The molecule has 1 amide bonds. The van der Waals surface area contributed by atoms with Crippen molar-refractivity contribution in [1.82, 2.24) is 10.2 Å². The zero-order valence-corrected chi connectivity index (χ0v) is 18.5. The van der Waals surface area contributed by atoms with Crippen LogP contribution in [0.3, 0.4) is 0 Å². The molecule has 0 aliphatic carbocycles. The van der Waals surface area contributed by atoms with E-state index < -0.39 is 0 Å². The molecular formula is C22H16BrN3O3S. The van der Waals surface area contributed by atoms with Crippen molar-refractivity contribution in [2.75, 3.05) is 11.9 Å². The molecule has 0 saturated carbocycles. The summed E-state index contributed by atoms with van der Waals surface area (Å²) >= 11 is 4.71. The maximum absolute atomic E-state index is 12.7. The summed E-state index contributed by atoms with van der Waals surface area (Å²) in [4.78, 5) is 26.6. The van der Waals surface area contributed by atoms with Gasteiger partial charge in [0.1, 0.15) is 16.9 Å². The van der Waals surface area contributed by atoms with Gasteiger partial charge in [-0.1, -0.05) is 51.0 Å². The van der Waals surface area contributed by atoms with E-state index >= 15 is 0 Å². The van der Waals surface area contributed by atoms with Crippen LogP contribution in [-0.4, -0.2) is 23.2 Å². The molecule has 2 heterocycles. The van der Waals surface area contributed by atoms with Gasteiger partial charge >= 0.3 is 0 Å². The summed E-state index contributed by atoms with van der Waals surface area (Å²) in [5, 5.41) is 9.94. The van der Waals surface area contributed by atoms with E-state index in [0.717, 1.165) is 15.6 Å². The number of likely N-dealkylation sites (N-methyl/N-ethyl adjacent to an activating group) is 1. The Morgan fingerprint density at radius 2 is 1.93 bits per heavy atom. The van der Waals surface area contributed by atoms with Gasteiger partial charge in [-0.3, -0.25) is 14.5 Å². The number of amides is 1. The second-order valence-electron chi connectivity index (χ2n) is 6.65. The molecule has 30 heavy (non-hydrogen) atoms. The third kappa shape index (κ3) is 4.10. The summed E-state index contributed by atoms with van der Waals surface area (Å²) in [5.41, 5.74) is 2.52. The van der Waals surface area contributed by atoms with Crippen LogP contribution in [0, 0.1) is 6.92 Å². The molecule has 2 aromatic heterocycles. The second-order valence-corrected chi connectivity index (χ2v) is 8.52. The highest BCUT2D eigenvalue weighted by Gasteiger charge is 2.15. The Kier molecular flexibility index (Phi) is 5.61. The second kappa shape index (κ2) is 8.33. The molecule has 0 aliphatic heterocycles. The van der Waals surface area contributed by atoms with Gasteiger partial charge in [0.15, 0.2) is 5.43 Å². The summed E-state index contributed by atoms with van der Waals surface area (Å²) in [7, 11) is 1.62. The Labute approximate surface area is 184 Å². The Balaban J connectivity index is 1.55. The fourth-order valence-electron chi connectivity index (χ4n) is 2.80. The molecule has 150 valence electrons. The maximum Gasteiger partial charge on any atom is 0.252 e. The van der Waals surface area contributed by atoms with Gasteiger partial charge < -0.3 is 4.42 Å². The SMILES string of the molecule is Cc1ccc2occ(/C=C/C(=O)N(C)c3nnc(-c4ccc(Br)cc4)s3)c(=O)c2c1. The van der Waals surface area contributed by atoms with Gasteiger partial charge in [0, 0.05) is 23.2 Å². The molecule has 0 saturated heterocycles. The molecule has 8 heteroatoms. The predicted molar refractivity (Wildman–Crippen MR) is 123 cm³/mol. The Morgan fingerprint density at radius 3 is 2.70 bits per heavy atom. The van der Waals surface area contributed by atoms with Crippen LogP contribution < -0.4 is 10.3 Å². The van der Waals surface area contributed by atoms with Gasteiger partial charge in [-0.2, -0.15) is 0 Å². The van der Waals surface area contributed by atoms with E-state index in [0.29, 0.717) is 26.7 Å². The van der Waals surface area contributed by atoms with E-state index in [4.69, 9.17) is 4.42 Å². The summed E-state index contributed by atoms with van der Waals surface area (Å²) in [6.45, 7) is 1.91. The highest BCUT2D eigenvalue weighted by Crippen LogP contribution is 2.29. The highest BCUT2D eigenvalue weighted by molar-refractivity contribution is 9.10. The number of nitrogens with zero attached hydrogens (tertiary/aromatic N) is 3. The number of aromatic nitrogens is 2. The first-order valence-electron chi connectivity index (χ1n) is 9.00. The summed E-state index contributed by atoms with van der Waals surface area (Å²) in [6.07, 6.45) is 4.15. The number of rotatable bonds is 4. The molecule has 4 aromatic rings. The van der Waals surface area contributed by atoms with Crippen LogP contribution in [-0.2, 0) is 4.79 Å². The van der Waals surface area contributed by atoms with E-state index in [-0.39, 0.29) is 11.3 Å². The van der Waals surface area contributed by atoms with E-state index in [1.807, 2.05) is 37.3 Å². The minimum atomic E-state index is -0.322. The predicted octanol–water partition coefficient (Wildman–Crippen LogP) is 5.06. The number of hydrogen-bond donors (Lipinski definition) is 0. The van der Waals surface area contributed by atoms with Gasteiger partial charge in [0.25, 0.3) is 5.91 Å². The quantitative estimate of drug-likeness (QED) is 0.380. The van der Waals surface area contributed by atoms with Crippen molar-refractivity contribution in [3.8, 4) is 10.6 Å². The molecule has 0 aliphatic rings. The lowest BCUT2D eigenvalue weighted by atomic mass is 10.1. The van der Waals surface area contributed by atoms with E-state index in [2.05, 4.69) is 26.1 Å². The Hall–Kier alpha value is -3.10. The van der Waals surface area contributed by atoms with Crippen LogP contribution in [0.1, 0.15) is 11.1 Å². The van der Waals surface area contributed by atoms with Crippen molar-refractivity contribution >= 4 is 55.4 Å². The van der Waals surface area contributed by atoms with Crippen LogP contribution in [0.4, 0.5) is 5.13 Å². The molecule has 0 radical (unpaired) electrons. The van der Waals surface area contributed by atoms with Crippen molar-refractivity contribution in [2.45, 2.75) is 6.92 Å². The third-order valence-electron chi connectivity index (χ3n) is 4.48. The van der Waals surface area contributed by atoms with Crippen LogP contribution in [0.25, 0.3) is 27.6 Å². The molecular weight excluding hydrogens is 466 g/mol. The molecule has 0 N–H and O–H groups in total. The highest BCUT2D eigenvalue weighted by atomic mass is 79.9. The standard InChI is InChI=1S/C22H16BrN3O3S/c1-13-3-9-18-17(11-13)20(28)15(12-29-18)6-10-19(27)26(2)22-25-24-21(30-22)14-4-7-16(23)8-5-14/h3-12H,1-2H3/b10-6+. The zero-order valence-electron chi connectivity index (χ0n) is 16.1. The number of aryl methyl sites for hydroxylation is 1. The molecule has 4 rings (SSSR count). The molecule has 0 spiro atoms. The summed E-state index contributed by atoms with van der Waals surface area (Å²) in [6, 6.07) is 13.1. The number of carbonyl (C=O) groups is 1. The van der Waals surface area contributed by atoms with E-state index in [9.17, 15) is 9.59 Å². The lowest BCUT2D eigenvalue weighted by Crippen LogP contribution is -2.23. The Morgan fingerprint density at radius 1 is 1.17 bits per heavy atom. The number of halogens is 1. The van der Waals surface area contributed by atoms with Crippen LogP contribution in [0.15, 0.2) is 68.5 Å². The van der Waals surface area contributed by atoms with Crippen molar-refractivity contribution in [2.24, 2.45) is 0 Å². The molecule has 6 nitrogen and oxygen atoms in total. The zero-order chi connectivity index (χ0) is 21.3. The first kappa shape index (κ1) is 20.2. The van der Waals surface area contributed by atoms with E-state index in [1.54, 1.807) is 19.2 Å². The van der Waals surface area contributed by atoms with Crippen molar-refractivity contribution in [3.05, 3.63) is 80.6 Å². The Bertz CT molecular complexity index is 1330. The molecule has 2 aromatic carbocycles. The first-order chi connectivity index (χ1) is 14.4. The number of fused-ring (bicyclic) bond motifs is 1. The normalized spacial score (nSPS) is 11.3. The van der Waals surface area contributed by atoms with Gasteiger partial charge in [-0.25, -0.2) is 0 Å². The largest absolute Gasteiger partial charge is 0.463 e. The van der Waals surface area contributed by atoms with E-state index in [1.165, 1.54) is 34.7 Å². The van der Waals surface area contributed by atoms with Gasteiger partial charge in [-0.15, -0.1) is 10.2 Å². The minimum absolute atomic E-state index is 0.180. The molecule has 0 fully saturated rings. The number of anilines is 1. The summed E-state index contributed by atoms with van der Waals surface area (Å²) in [5.74, 6) is -0.322. The van der Waals surface area contributed by atoms with Gasteiger partial charge in [0.2, 0.25) is 5.13 Å². The first-order valence-corrected chi connectivity index (χ1v) is 10.6. The average molecular weight is 482 g/mol. The number of hydrogen-bond acceptors (Lipinski definition) is 6. The lowest BCUT2D eigenvalue weighted by Gasteiger charge is -2.09. The molecule has 0 atom stereocenters. The van der Waals surface area contributed by atoms with Gasteiger partial charge in [0.05, 0.1) is 10.9 Å². The summed E-state index contributed by atoms with van der Waals surface area (Å²) < 4.78 is 6.49. The topological polar surface area (TPSA) is 76.3 Å². The molecule has 0 bridgehead atoms. The maximum atomic E-state index is 12.7. The average Bonchev–Trinajstić information content (AvgIpc) is 3.23. The fourth-order valence-corrected chi connectivity index (χ4v) is 3.88. The smallest absolute Gasteiger partial charge is 0.252 e. The van der Waals surface area contributed by atoms with Crippen molar-refractivity contribution in [1.29, 1.82) is 0 Å². The number of benzene rings is 2. The fraction of sp³-hybridized carbons (Fsp3) is 0.0909.